The quantitative estimate of drug-likeness (QED) is 0.941. The molecule has 0 saturated heterocycles. The summed E-state index contributed by atoms with van der Waals surface area (Å²) in [6.45, 7) is 2.21. The van der Waals surface area contributed by atoms with Crippen LogP contribution in [0.1, 0.15) is 18.1 Å². The monoisotopic (exact) mass is 324 g/mol. The van der Waals surface area contributed by atoms with Gasteiger partial charge in [-0.25, -0.2) is 0 Å². The van der Waals surface area contributed by atoms with E-state index in [1.165, 1.54) is 0 Å². The number of rotatable bonds is 4. The molecule has 5 heteroatoms. The Balaban J connectivity index is 1.78. The van der Waals surface area contributed by atoms with Crippen LogP contribution < -0.4 is 15.0 Å². The first-order valence-electron chi connectivity index (χ1n) is 7.91. The van der Waals surface area contributed by atoms with Crippen molar-refractivity contribution in [1.29, 1.82) is 0 Å². The van der Waals surface area contributed by atoms with Gasteiger partial charge in [-0.1, -0.05) is 24.3 Å². The molecule has 1 N–H and O–H groups in total. The van der Waals surface area contributed by atoms with Crippen molar-refractivity contribution in [2.24, 2.45) is 0 Å². The maximum Gasteiger partial charge on any atom is 0.228 e. The first-order valence-corrected chi connectivity index (χ1v) is 7.91. The highest BCUT2D eigenvalue weighted by atomic mass is 16.5. The van der Waals surface area contributed by atoms with Crippen molar-refractivity contribution in [2.45, 2.75) is 19.8 Å². The Bertz CT molecular complexity index is 786. The largest absolute Gasteiger partial charge is 0.497 e. The van der Waals surface area contributed by atoms with E-state index in [0.717, 1.165) is 29.0 Å². The van der Waals surface area contributed by atoms with Crippen LogP contribution in [0.2, 0.25) is 0 Å². The fourth-order valence-corrected chi connectivity index (χ4v) is 3.03. The number of ether oxygens (including phenoxy) is 1. The van der Waals surface area contributed by atoms with E-state index in [0.29, 0.717) is 12.2 Å². The zero-order chi connectivity index (χ0) is 17.1. The molecule has 1 heterocycles. The molecule has 0 unspecified atom stereocenters. The number of amides is 2. The summed E-state index contributed by atoms with van der Waals surface area (Å²) in [6.07, 6.45) is 1.06. The fourth-order valence-electron chi connectivity index (χ4n) is 3.03. The Hall–Kier alpha value is -2.82. The lowest BCUT2D eigenvalue weighted by atomic mass is 10.1. The van der Waals surface area contributed by atoms with Crippen molar-refractivity contribution < 1.29 is 14.3 Å². The first-order chi connectivity index (χ1) is 11.6. The summed E-state index contributed by atoms with van der Waals surface area (Å²) in [4.78, 5) is 25.9. The normalized spacial score (nSPS) is 12.7. The predicted molar refractivity (Wildman–Crippen MR) is 93.5 cm³/mol. The molecule has 0 fully saturated rings. The second kappa shape index (κ2) is 6.74. The topological polar surface area (TPSA) is 58.6 Å². The van der Waals surface area contributed by atoms with Gasteiger partial charge in [-0.3, -0.25) is 9.59 Å². The van der Waals surface area contributed by atoms with Gasteiger partial charge >= 0.3 is 0 Å². The van der Waals surface area contributed by atoms with Crippen LogP contribution in [0.5, 0.6) is 5.75 Å². The number of methoxy groups -OCH3 is 1. The first kappa shape index (κ1) is 16.1. The molecule has 1 aliphatic rings. The lowest BCUT2D eigenvalue weighted by Gasteiger charge is -2.19. The van der Waals surface area contributed by atoms with E-state index in [2.05, 4.69) is 5.32 Å². The third kappa shape index (κ3) is 3.25. The number of fused-ring (bicyclic) bond motifs is 1. The third-order valence-corrected chi connectivity index (χ3v) is 4.15. The molecule has 0 saturated carbocycles. The van der Waals surface area contributed by atoms with Crippen LogP contribution in [-0.2, 0) is 22.4 Å². The van der Waals surface area contributed by atoms with Gasteiger partial charge in [-0.2, -0.15) is 0 Å². The van der Waals surface area contributed by atoms with Gasteiger partial charge in [0.05, 0.1) is 24.9 Å². The number of anilines is 2. The Labute approximate surface area is 141 Å². The van der Waals surface area contributed by atoms with Crippen LogP contribution in [-0.4, -0.2) is 25.5 Å². The minimum Gasteiger partial charge on any atom is -0.497 e. The molecule has 3 rings (SSSR count). The number of carbonyl (C=O) groups is 2. The van der Waals surface area contributed by atoms with Gasteiger partial charge in [0.1, 0.15) is 5.75 Å². The summed E-state index contributed by atoms with van der Waals surface area (Å²) in [7, 11) is 1.60. The molecule has 2 aromatic carbocycles. The fraction of sp³-hybridized carbons (Fsp3) is 0.263. The summed E-state index contributed by atoms with van der Waals surface area (Å²) < 4.78 is 5.18. The Morgan fingerprint density at radius 2 is 2.00 bits per heavy atom. The standard InChI is InChI=1S/C19H20N2O3/c1-13(22)21-10-9-15-6-4-8-17(19(15)21)20-18(23)12-14-5-3-7-16(11-14)24-2/h3-8,11H,9-10,12H2,1-2H3,(H,20,23). The van der Waals surface area contributed by atoms with E-state index in [1.54, 1.807) is 18.9 Å². The predicted octanol–water partition coefficient (Wildman–Crippen LogP) is 2.79. The van der Waals surface area contributed by atoms with E-state index in [4.69, 9.17) is 4.74 Å². The molecule has 2 aromatic rings. The van der Waals surface area contributed by atoms with Gasteiger partial charge in [-0.05, 0) is 35.7 Å². The minimum atomic E-state index is -0.118. The van der Waals surface area contributed by atoms with Crippen molar-refractivity contribution in [2.75, 3.05) is 23.9 Å². The molecule has 0 atom stereocenters. The molecule has 0 aromatic heterocycles. The zero-order valence-electron chi connectivity index (χ0n) is 13.8. The van der Waals surface area contributed by atoms with E-state index in [9.17, 15) is 9.59 Å². The smallest absolute Gasteiger partial charge is 0.228 e. The summed E-state index contributed by atoms with van der Waals surface area (Å²) in [5.41, 5.74) is 3.48. The number of nitrogens with one attached hydrogen (secondary N) is 1. The number of para-hydroxylation sites is 1. The lowest BCUT2D eigenvalue weighted by molar-refractivity contribution is -0.117. The van der Waals surface area contributed by atoms with Gasteiger partial charge < -0.3 is 15.0 Å². The molecule has 124 valence electrons. The highest BCUT2D eigenvalue weighted by Gasteiger charge is 2.25. The molecule has 2 amide bonds. The second-order valence-electron chi connectivity index (χ2n) is 5.81. The van der Waals surface area contributed by atoms with E-state index in [-0.39, 0.29) is 18.2 Å². The molecule has 0 bridgehead atoms. The van der Waals surface area contributed by atoms with Gasteiger partial charge in [-0.15, -0.1) is 0 Å². The summed E-state index contributed by atoms with van der Waals surface area (Å²) in [5.74, 6) is 0.596. The van der Waals surface area contributed by atoms with Crippen molar-refractivity contribution in [3.63, 3.8) is 0 Å². The zero-order valence-corrected chi connectivity index (χ0v) is 13.8. The average molecular weight is 324 g/mol. The Morgan fingerprint density at radius 3 is 2.75 bits per heavy atom. The van der Waals surface area contributed by atoms with Crippen LogP contribution in [0.4, 0.5) is 11.4 Å². The number of nitrogens with zero attached hydrogens (tertiary/aromatic N) is 1. The van der Waals surface area contributed by atoms with Crippen molar-refractivity contribution in [1.82, 2.24) is 0 Å². The van der Waals surface area contributed by atoms with Crippen LogP contribution in [0.3, 0.4) is 0 Å². The van der Waals surface area contributed by atoms with Gasteiger partial charge in [0.15, 0.2) is 0 Å². The van der Waals surface area contributed by atoms with Crippen molar-refractivity contribution in [3.05, 3.63) is 53.6 Å². The van der Waals surface area contributed by atoms with Gasteiger partial charge in [0.25, 0.3) is 0 Å². The van der Waals surface area contributed by atoms with Crippen LogP contribution in [0, 0.1) is 0 Å². The molecular weight excluding hydrogens is 304 g/mol. The van der Waals surface area contributed by atoms with Crippen LogP contribution in [0.25, 0.3) is 0 Å². The highest BCUT2D eigenvalue weighted by molar-refractivity contribution is 6.02. The second-order valence-corrected chi connectivity index (χ2v) is 5.81. The maximum atomic E-state index is 12.4. The van der Waals surface area contributed by atoms with E-state index < -0.39 is 0 Å². The minimum absolute atomic E-state index is 0.0109. The van der Waals surface area contributed by atoms with Gasteiger partial charge in [0, 0.05) is 13.5 Å². The SMILES string of the molecule is COc1cccc(CC(=O)Nc2cccc3c2N(C(C)=O)CC3)c1. The van der Waals surface area contributed by atoms with E-state index in [1.807, 2.05) is 42.5 Å². The lowest BCUT2D eigenvalue weighted by Crippen LogP contribution is -2.27. The highest BCUT2D eigenvalue weighted by Crippen LogP contribution is 2.35. The van der Waals surface area contributed by atoms with Crippen molar-refractivity contribution >= 4 is 23.2 Å². The maximum absolute atomic E-state index is 12.4. The van der Waals surface area contributed by atoms with Crippen LogP contribution >= 0.6 is 0 Å². The third-order valence-electron chi connectivity index (χ3n) is 4.15. The molecule has 0 spiro atoms. The summed E-state index contributed by atoms with van der Waals surface area (Å²) in [5, 5.41) is 2.94. The molecule has 5 nitrogen and oxygen atoms in total. The summed E-state index contributed by atoms with van der Waals surface area (Å²) >= 11 is 0. The Morgan fingerprint density at radius 1 is 1.21 bits per heavy atom. The molecule has 0 radical (unpaired) electrons. The van der Waals surface area contributed by atoms with Crippen molar-refractivity contribution in [3.8, 4) is 5.75 Å². The molecular formula is C19H20N2O3. The molecule has 24 heavy (non-hydrogen) atoms. The molecule has 1 aliphatic heterocycles. The van der Waals surface area contributed by atoms with Gasteiger partial charge in [0.2, 0.25) is 11.8 Å². The van der Waals surface area contributed by atoms with E-state index >= 15 is 0 Å². The number of hydrogen-bond donors (Lipinski definition) is 1. The van der Waals surface area contributed by atoms with Crippen LogP contribution in [0.15, 0.2) is 42.5 Å². The number of carbonyl (C=O) groups excluding carboxylic acids is 2. The Kier molecular flexibility index (Phi) is 4.51. The number of benzene rings is 2. The average Bonchev–Trinajstić information content (AvgIpc) is 3.00. The molecule has 0 aliphatic carbocycles. The number of hydrogen-bond acceptors (Lipinski definition) is 3. The summed E-state index contributed by atoms with van der Waals surface area (Å²) in [6, 6.07) is 13.2.